The van der Waals surface area contributed by atoms with Crippen LogP contribution < -0.4 is 15.6 Å². The first-order valence-corrected chi connectivity index (χ1v) is 6.31. The molecule has 0 unspecified atom stereocenters. The standard InChI is InChI=1S/C15H16N2O3/c1-3-20-13-7-5-4-6-12(13)16-15(19)11-8-9-17(2)14(18)10-11/h4-10H,3H2,1-2H3,(H,16,19). The molecule has 0 spiro atoms. The van der Waals surface area contributed by atoms with E-state index in [1.165, 1.54) is 10.6 Å². The molecule has 5 nitrogen and oxygen atoms in total. The van der Waals surface area contributed by atoms with Gasteiger partial charge in [0.15, 0.2) is 0 Å². The Morgan fingerprint density at radius 2 is 2.05 bits per heavy atom. The Bertz CT molecular complexity index is 677. The van der Waals surface area contributed by atoms with Gasteiger partial charge in [-0.25, -0.2) is 0 Å². The number of hydrogen-bond donors (Lipinski definition) is 1. The molecule has 0 radical (unpaired) electrons. The zero-order valence-corrected chi connectivity index (χ0v) is 11.4. The van der Waals surface area contributed by atoms with Crippen molar-refractivity contribution in [2.24, 2.45) is 7.05 Å². The topological polar surface area (TPSA) is 60.3 Å². The van der Waals surface area contributed by atoms with Gasteiger partial charge in [0.1, 0.15) is 5.75 Å². The largest absolute Gasteiger partial charge is 0.492 e. The number of hydrogen-bond acceptors (Lipinski definition) is 3. The molecule has 1 N–H and O–H groups in total. The molecule has 2 aromatic rings. The fraction of sp³-hybridized carbons (Fsp3) is 0.200. The Kier molecular flexibility index (Phi) is 4.20. The van der Waals surface area contributed by atoms with Crippen molar-refractivity contribution in [2.75, 3.05) is 11.9 Å². The number of pyridine rings is 1. The minimum atomic E-state index is -0.338. The number of nitrogens with zero attached hydrogens (tertiary/aromatic N) is 1. The summed E-state index contributed by atoms with van der Waals surface area (Å²) in [6.45, 7) is 2.39. The van der Waals surface area contributed by atoms with Crippen LogP contribution in [0.15, 0.2) is 47.4 Å². The molecule has 5 heteroatoms. The summed E-state index contributed by atoms with van der Waals surface area (Å²) in [4.78, 5) is 23.6. The molecule has 0 saturated carbocycles. The van der Waals surface area contributed by atoms with Gasteiger partial charge in [-0.15, -0.1) is 0 Å². The Morgan fingerprint density at radius 3 is 2.75 bits per heavy atom. The highest BCUT2D eigenvalue weighted by Crippen LogP contribution is 2.24. The molecule has 0 aliphatic carbocycles. The van der Waals surface area contributed by atoms with Crippen molar-refractivity contribution in [3.8, 4) is 5.75 Å². The van der Waals surface area contributed by atoms with Crippen LogP contribution in [0.25, 0.3) is 0 Å². The molecule has 1 aromatic carbocycles. The summed E-state index contributed by atoms with van der Waals surface area (Å²) in [7, 11) is 1.63. The van der Waals surface area contributed by atoms with E-state index in [1.54, 1.807) is 31.4 Å². The Morgan fingerprint density at radius 1 is 1.30 bits per heavy atom. The lowest BCUT2D eigenvalue weighted by Crippen LogP contribution is -2.20. The van der Waals surface area contributed by atoms with Crippen LogP contribution >= 0.6 is 0 Å². The zero-order valence-electron chi connectivity index (χ0n) is 11.4. The highest BCUT2D eigenvalue weighted by Gasteiger charge is 2.10. The molecule has 0 atom stereocenters. The molecule has 1 heterocycles. The summed E-state index contributed by atoms with van der Waals surface area (Å²) in [5.41, 5.74) is 0.676. The van der Waals surface area contributed by atoms with Crippen LogP contribution in [0, 0.1) is 0 Å². The fourth-order valence-corrected chi connectivity index (χ4v) is 1.74. The smallest absolute Gasteiger partial charge is 0.256 e. The second-order valence-electron chi connectivity index (χ2n) is 4.25. The lowest BCUT2D eigenvalue weighted by atomic mass is 10.2. The van der Waals surface area contributed by atoms with E-state index in [4.69, 9.17) is 4.74 Å². The van der Waals surface area contributed by atoms with Crippen molar-refractivity contribution in [1.82, 2.24) is 4.57 Å². The monoisotopic (exact) mass is 272 g/mol. The number of amides is 1. The maximum atomic E-state index is 12.1. The predicted octanol–water partition coefficient (Wildman–Crippen LogP) is 2.04. The van der Waals surface area contributed by atoms with Crippen molar-refractivity contribution in [3.63, 3.8) is 0 Å². The number of aromatic nitrogens is 1. The van der Waals surface area contributed by atoms with E-state index >= 15 is 0 Å². The van der Waals surface area contributed by atoms with Gasteiger partial charge >= 0.3 is 0 Å². The van der Waals surface area contributed by atoms with Crippen molar-refractivity contribution in [2.45, 2.75) is 6.92 Å². The Balaban J connectivity index is 2.23. The lowest BCUT2D eigenvalue weighted by molar-refractivity contribution is 0.102. The third kappa shape index (κ3) is 3.06. The number of para-hydroxylation sites is 2. The molecule has 1 amide bonds. The highest BCUT2D eigenvalue weighted by atomic mass is 16.5. The van der Waals surface area contributed by atoms with Crippen LogP contribution in [-0.2, 0) is 7.05 Å². The van der Waals surface area contributed by atoms with E-state index in [1.807, 2.05) is 19.1 Å². The number of carbonyl (C=O) groups excluding carboxylic acids is 1. The molecule has 0 aliphatic rings. The molecule has 0 bridgehead atoms. The van der Waals surface area contributed by atoms with Gasteiger partial charge in [-0.3, -0.25) is 9.59 Å². The number of nitrogens with one attached hydrogen (secondary N) is 1. The summed E-state index contributed by atoms with van der Waals surface area (Å²) >= 11 is 0. The molecule has 2 rings (SSSR count). The average Bonchev–Trinajstić information content (AvgIpc) is 2.44. The average molecular weight is 272 g/mol. The summed E-state index contributed by atoms with van der Waals surface area (Å²) < 4.78 is 6.84. The lowest BCUT2D eigenvalue weighted by Gasteiger charge is -2.11. The van der Waals surface area contributed by atoms with Gasteiger partial charge in [-0.1, -0.05) is 12.1 Å². The summed E-state index contributed by atoms with van der Waals surface area (Å²) in [5.74, 6) is 0.266. The number of rotatable bonds is 4. The summed E-state index contributed by atoms with van der Waals surface area (Å²) in [5, 5.41) is 2.75. The van der Waals surface area contributed by atoms with Crippen molar-refractivity contribution < 1.29 is 9.53 Å². The maximum absolute atomic E-state index is 12.1. The fourth-order valence-electron chi connectivity index (χ4n) is 1.74. The van der Waals surface area contributed by atoms with Gasteiger partial charge in [0, 0.05) is 24.9 Å². The minimum Gasteiger partial charge on any atom is -0.492 e. The van der Waals surface area contributed by atoms with E-state index in [0.717, 1.165) is 0 Å². The summed E-state index contributed by atoms with van der Waals surface area (Å²) in [6.07, 6.45) is 1.56. The van der Waals surface area contributed by atoms with Crippen LogP contribution in [0.2, 0.25) is 0 Å². The number of carbonyl (C=O) groups is 1. The quantitative estimate of drug-likeness (QED) is 0.926. The van der Waals surface area contributed by atoms with E-state index < -0.39 is 0 Å². The van der Waals surface area contributed by atoms with E-state index in [9.17, 15) is 9.59 Å². The number of anilines is 1. The third-order valence-corrected chi connectivity index (χ3v) is 2.80. The predicted molar refractivity (Wildman–Crippen MR) is 77.2 cm³/mol. The van der Waals surface area contributed by atoms with Crippen LogP contribution in [0.4, 0.5) is 5.69 Å². The van der Waals surface area contributed by atoms with Crippen LogP contribution in [-0.4, -0.2) is 17.1 Å². The SMILES string of the molecule is CCOc1ccccc1NC(=O)c1ccn(C)c(=O)c1. The molecule has 0 fully saturated rings. The highest BCUT2D eigenvalue weighted by molar-refractivity contribution is 6.04. The maximum Gasteiger partial charge on any atom is 0.256 e. The first kappa shape index (κ1) is 13.9. The number of aryl methyl sites for hydroxylation is 1. The van der Waals surface area contributed by atoms with E-state index in [2.05, 4.69) is 5.32 Å². The van der Waals surface area contributed by atoms with E-state index in [0.29, 0.717) is 23.6 Å². The summed E-state index contributed by atoms with van der Waals surface area (Å²) in [6, 6.07) is 10.1. The van der Waals surface area contributed by atoms with Gasteiger partial charge in [0.25, 0.3) is 11.5 Å². The van der Waals surface area contributed by atoms with Gasteiger partial charge in [-0.2, -0.15) is 0 Å². The van der Waals surface area contributed by atoms with Crippen LogP contribution in [0.1, 0.15) is 17.3 Å². The molecular formula is C15H16N2O3. The van der Waals surface area contributed by atoms with Crippen molar-refractivity contribution >= 4 is 11.6 Å². The second kappa shape index (κ2) is 6.06. The molecule has 104 valence electrons. The van der Waals surface area contributed by atoms with Gasteiger partial charge in [-0.05, 0) is 25.1 Å². The van der Waals surface area contributed by atoms with Crippen LogP contribution in [0.3, 0.4) is 0 Å². The van der Waals surface area contributed by atoms with Gasteiger partial charge < -0.3 is 14.6 Å². The van der Waals surface area contributed by atoms with Crippen LogP contribution in [0.5, 0.6) is 5.75 Å². The molecule has 20 heavy (non-hydrogen) atoms. The Labute approximate surface area is 116 Å². The molecule has 1 aromatic heterocycles. The van der Waals surface area contributed by atoms with Crippen molar-refractivity contribution in [1.29, 1.82) is 0 Å². The second-order valence-corrected chi connectivity index (χ2v) is 4.25. The zero-order chi connectivity index (χ0) is 14.5. The minimum absolute atomic E-state index is 0.226. The molecule has 0 saturated heterocycles. The first-order valence-electron chi connectivity index (χ1n) is 6.31. The Hall–Kier alpha value is -2.56. The van der Waals surface area contributed by atoms with Gasteiger partial charge in [0.2, 0.25) is 0 Å². The number of ether oxygens (including phenoxy) is 1. The third-order valence-electron chi connectivity index (χ3n) is 2.80. The first-order chi connectivity index (χ1) is 9.61. The molecular weight excluding hydrogens is 256 g/mol. The number of benzene rings is 1. The van der Waals surface area contributed by atoms with E-state index in [-0.39, 0.29) is 11.5 Å². The normalized spacial score (nSPS) is 10.1. The van der Waals surface area contributed by atoms with Gasteiger partial charge in [0.05, 0.1) is 12.3 Å². The molecule has 0 aliphatic heterocycles. The van der Waals surface area contributed by atoms with Crippen molar-refractivity contribution in [3.05, 3.63) is 58.5 Å².